The Labute approximate surface area is 88.6 Å². The van der Waals surface area contributed by atoms with Crippen molar-refractivity contribution in [1.29, 1.82) is 0 Å². The second-order valence-electron chi connectivity index (χ2n) is 3.26. The Kier molecular flexibility index (Phi) is 4.80. The van der Waals surface area contributed by atoms with Crippen LogP contribution in [0.25, 0.3) is 0 Å². The van der Waals surface area contributed by atoms with Crippen LogP contribution in [0.15, 0.2) is 30.3 Å². The summed E-state index contributed by atoms with van der Waals surface area (Å²) in [6.45, 7) is 0.238. The summed E-state index contributed by atoms with van der Waals surface area (Å²) in [5, 5.41) is 20.3. The van der Waals surface area contributed by atoms with Crippen molar-refractivity contribution in [1.82, 2.24) is 5.32 Å². The Morgan fingerprint density at radius 1 is 1.33 bits per heavy atom. The van der Waals surface area contributed by atoms with Crippen LogP contribution in [0.2, 0.25) is 0 Å². The highest BCUT2D eigenvalue weighted by atomic mass is 16.4. The summed E-state index contributed by atoms with van der Waals surface area (Å²) in [6, 6.07) is 8.77. The van der Waals surface area contributed by atoms with Crippen LogP contribution in [0, 0.1) is 0 Å². The van der Waals surface area contributed by atoms with Crippen molar-refractivity contribution in [3.8, 4) is 0 Å². The first-order chi connectivity index (χ1) is 7.24. The number of carbonyl (C=O) groups is 1. The fourth-order valence-electron chi connectivity index (χ4n) is 1.34. The molecule has 1 aromatic rings. The Morgan fingerprint density at radius 2 is 2.00 bits per heavy atom. The van der Waals surface area contributed by atoms with Crippen molar-refractivity contribution in [2.24, 2.45) is 0 Å². The largest absolute Gasteiger partial charge is 0.480 e. The van der Waals surface area contributed by atoms with Crippen molar-refractivity contribution in [2.45, 2.75) is 12.5 Å². The lowest BCUT2D eigenvalue weighted by atomic mass is 10.1. The zero-order valence-corrected chi connectivity index (χ0v) is 8.39. The molecule has 82 valence electrons. The van der Waals surface area contributed by atoms with E-state index < -0.39 is 12.0 Å². The summed E-state index contributed by atoms with van der Waals surface area (Å²) in [5.41, 5.74) is 0.968. The van der Waals surface area contributed by atoms with E-state index in [9.17, 15) is 4.79 Å². The molecule has 1 aromatic carbocycles. The molecule has 15 heavy (non-hydrogen) atoms. The van der Waals surface area contributed by atoms with Crippen LogP contribution >= 0.6 is 0 Å². The summed E-state index contributed by atoms with van der Waals surface area (Å²) < 4.78 is 0. The topological polar surface area (TPSA) is 69.6 Å². The Morgan fingerprint density at radius 3 is 2.53 bits per heavy atom. The van der Waals surface area contributed by atoms with Gasteiger partial charge in [0.25, 0.3) is 0 Å². The number of nitrogens with one attached hydrogen (secondary N) is 1. The summed E-state index contributed by atoms with van der Waals surface area (Å²) in [7, 11) is 0. The van der Waals surface area contributed by atoms with Crippen molar-refractivity contribution in [2.75, 3.05) is 13.2 Å². The SMILES string of the molecule is O=C(O)C(Cc1ccccc1)NCCO. The summed E-state index contributed by atoms with van der Waals surface area (Å²) in [6.07, 6.45) is 0.427. The fraction of sp³-hybridized carbons (Fsp3) is 0.364. The fourth-order valence-corrected chi connectivity index (χ4v) is 1.34. The summed E-state index contributed by atoms with van der Waals surface area (Å²) in [4.78, 5) is 10.9. The van der Waals surface area contributed by atoms with Crippen LogP contribution in [-0.4, -0.2) is 35.4 Å². The molecule has 0 amide bonds. The maximum Gasteiger partial charge on any atom is 0.321 e. The van der Waals surface area contributed by atoms with Gasteiger partial charge in [-0.3, -0.25) is 4.79 Å². The van der Waals surface area contributed by atoms with Gasteiger partial charge in [-0.2, -0.15) is 0 Å². The van der Waals surface area contributed by atoms with Crippen LogP contribution in [0.1, 0.15) is 5.56 Å². The van der Waals surface area contributed by atoms with Crippen molar-refractivity contribution in [3.05, 3.63) is 35.9 Å². The zero-order valence-electron chi connectivity index (χ0n) is 8.39. The smallest absolute Gasteiger partial charge is 0.321 e. The predicted octanol–water partition coefficient (Wildman–Crippen LogP) is 0.264. The highest BCUT2D eigenvalue weighted by Crippen LogP contribution is 2.03. The van der Waals surface area contributed by atoms with Crippen molar-refractivity contribution < 1.29 is 15.0 Å². The van der Waals surface area contributed by atoms with E-state index in [0.29, 0.717) is 13.0 Å². The lowest BCUT2D eigenvalue weighted by Crippen LogP contribution is -2.39. The molecule has 0 aliphatic heterocycles. The molecule has 0 spiro atoms. The molecule has 0 saturated heterocycles. The first-order valence-corrected chi connectivity index (χ1v) is 4.85. The second kappa shape index (κ2) is 6.16. The average molecular weight is 209 g/mol. The highest BCUT2D eigenvalue weighted by molar-refractivity contribution is 5.73. The molecule has 0 saturated carbocycles. The van der Waals surface area contributed by atoms with E-state index in [2.05, 4.69) is 5.32 Å². The van der Waals surface area contributed by atoms with Gasteiger partial charge in [0.1, 0.15) is 6.04 Å². The standard InChI is InChI=1S/C11H15NO3/c13-7-6-12-10(11(14)15)8-9-4-2-1-3-5-9/h1-5,10,12-13H,6-8H2,(H,14,15). The first-order valence-electron chi connectivity index (χ1n) is 4.85. The monoisotopic (exact) mass is 209 g/mol. The van der Waals surface area contributed by atoms with Gasteiger partial charge in [0.15, 0.2) is 0 Å². The Balaban J connectivity index is 2.55. The number of benzene rings is 1. The second-order valence-corrected chi connectivity index (χ2v) is 3.26. The maximum absolute atomic E-state index is 10.9. The number of hydrogen-bond acceptors (Lipinski definition) is 3. The van der Waals surface area contributed by atoms with E-state index in [1.54, 1.807) is 0 Å². The number of hydrogen-bond donors (Lipinski definition) is 3. The third kappa shape index (κ3) is 4.10. The molecule has 0 aliphatic rings. The first kappa shape index (κ1) is 11.7. The van der Waals surface area contributed by atoms with Crippen LogP contribution in [0.5, 0.6) is 0 Å². The van der Waals surface area contributed by atoms with Crippen molar-refractivity contribution in [3.63, 3.8) is 0 Å². The van der Waals surface area contributed by atoms with E-state index in [4.69, 9.17) is 10.2 Å². The molecule has 1 rings (SSSR count). The number of aliphatic hydroxyl groups excluding tert-OH is 1. The van der Waals surface area contributed by atoms with E-state index in [1.165, 1.54) is 0 Å². The molecule has 4 nitrogen and oxygen atoms in total. The minimum atomic E-state index is -0.896. The molecule has 1 atom stereocenters. The Hall–Kier alpha value is -1.39. The maximum atomic E-state index is 10.9. The van der Waals surface area contributed by atoms with E-state index in [1.807, 2.05) is 30.3 Å². The van der Waals surface area contributed by atoms with Gasteiger partial charge in [-0.15, -0.1) is 0 Å². The lowest BCUT2D eigenvalue weighted by molar-refractivity contribution is -0.139. The molecule has 0 radical (unpaired) electrons. The molecular formula is C11H15NO3. The molecule has 1 unspecified atom stereocenters. The quantitative estimate of drug-likeness (QED) is 0.628. The molecule has 0 heterocycles. The Bertz CT molecular complexity index is 300. The number of aliphatic carboxylic acids is 1. The summed E-state index contributed by atoms with van der Waals surface area (Å²) >= 11 is 0. The zero-order chi connectivity index (χ0) is 11.1. The minimum absolute atomic E-state index is 0.0570. The highest BCUT2D eigenvalue weighted by Gasteiger charge is 2.16. The van der Waals surface area contributed by atoms with Gasteiger partial charge in [0.2, 0.25) is 0 Å². The molecule has 4 heteroatoms. The average Bonchev–Trinajstić information content (AvgIpc) is 2.25. The third-order valence-corrected chi connectivity index (χ3v) is 2.08. The molecule has 0 bridgehead atoms. The molecule has 0 aromatic heterocycles. The van der Waals surface area contributed by atoms with Gasteiger partial charge in [0.05, 0.1) is 6.61 Å². The molecule has 0 fully saturated rings. The van der Waals surface area contributed by atoms with Crippen LogP contribution in [0.3, 0.4) is 0 Å². The molecule has 3 N–H and O–H groups in total. The van der Waals surface area contributed by atoms with Crippen LogP contribution in [-0.2, 0) is 11.2 Å². The number of carboxylic acid groups (broad SMARTS) is 1. The lowest BCUT2D eigenvalue weighted by Gasteiger charge is -2.13. The molecular weight excluding hydrogens is 194 g/mol. The molecule has 0 aliphatic carbocycles. The van der Waals surface area contributed by atoms with Crippen LogP contribution in [0.4, 0.5) is 0 Å². The minimum Gasteiger partial charge on any atom is -0.480 e. The van der Waals surface area contributed by atoms with Gasteiger partial charge in [-0.25, -0.2) is 0 Å². The number of rotatable bonds is 6. The third-order valence-electron chi connectivity index (χ3n) is 2.08. The van der Waals surface area contributed by atoms with Crippen molar-refractivity contribution >= 4 is 5.97 Å². The number of aliphatic hydroxyl groups is 1. The normalized spacial score (nSPS) is 12.3. The predicted molar refractivity (Wildman–Crippen MR) is 56.7 cm³/mol. The van der Waals surface area contributed by atoms with Gasteiger partial charge in [0, 0.05) is 6.54 Å². The van der Waals surface area contributed by atoms with Gasteiger partial charge < -0.3 is 15.5 Å². The summed E-state index contributed by atoms with van der Waals surface area (Å²) in [5.74, 6) is -0.896. The van der Waals surface area contributed by atoms with Crippen LogP contribution < -0.4 is 5.32 Å². The van der Waals surface area contributed by atoms with E-state index >= 15 is 0 Å². The van der Waals surface area contributed by atoms with E-state index in [-0.39, 0.29) is 6.61 Å². The van der Waals surface area contributed by atoms with E-state index in [0.717, 1.165) is 5.56 Å². The van der Waals surface area contributed by atoms with Gasteiger partial charge in [-0.1, -0.05) is 30.3 Å². The number of carboxylic acids is 1. The van der Waals surface area contributed by atoms with Gasteiger partial charge in [-0.05, 0) is 12.0 Å². The van der Waals surface area contributed by atoms with Gasteiger partial charge >= 0.3 is 5.97 Å².